The SMILES string of the molecule is COc1ccccc1NC(=O)c1ccc2c(c1)OC(C)C(=O)N2C. The van der Waals surface area contributed by atoms with Crippen molar-refractivity contribution in [2.45, 2.75) is 13.0 Å². The Morgan fingerprint density at radius 2 is 2.00 bits per heavy atom. The van der Waals surface area contributed by atoms with Crippen LogP contribution in [0.25, 0.3) is 0 Å². The van der Waals surface area contributed by atoms with Crippen LogP contribution in [0.5, 0.6) is 11.5 Å². The molecule has 3 rings (SSSR count). The summed E-state index contributed by atoms with van der Waals surface area (Å²) < 4.78 is 10.8. The minimum atomic E-state index is -0.574. The van der Waals surface area contributed by atoms with E-state index in [4.69, 9.17) is 9.47 Å². The Kier molecular flexibility index (Phi) is 4.12. The molecule has 0 spiro atoms. The van der Waals surface area contributed by atoms with Gasteiger partial charge >= 0.3 is 0 Å². The molecule has 1 aliphatic heterocycles. The van der Waals surface area contributed by atoms with E-state index in [1.165, 1.54) is 4.90 Å². The van der Waals surface area contributed by atoms with Crippen molar-refractivity contribution in [2.75, 3.05) is 24.4 Å². The van der Waals surface area contributed by atoms with Gasteiger partial charge in [-0.05, 0) is 37.3 Å². The zero-order valence-corrected chi connectivity index (χ0v) is 13.7. The normalized spacial score (nSPS) is 16.2. The quantitative estimate of drug-likeness (QED) is 0.941. The van der Waals surface area contributed by atoms with Gasteiger partial charge in [0, 0.05) is 12.6 Å². The standard InChI is InChI=1S/C18H18N2O4/c1-11-18(22)20(2)14-9-8-12(10-16(14)24-11)17(21)19-13-6-4-5-7-15(13)23-3/h4-11H,1-3H3,(H,19,21). The first-order valence-corrected chi connectivity index (χ1v) is 7.54. The predicted molar refractivity (Wildman–Crippen MR) is 90.9 cm³/mol. The summed E-state index contributed by atoms with van der Waals surface area (Å²) in [6, 6.07) is 12.2. The van der Waals surface area contributed by atoms with Crippen molar-refractivity contribution in [3.8, 4) is 11.5 Å². The van der Waals surface area contributed by atoms with Crippen molar-refractivity contribution in [1.29, 1.82) is 0 Å². The summed E-state index contributed by atoms with van der Waals surface area (Å²) in [5.74, 6) is 0.697. The van der Waals surface area contributed by atoms with Crippen LogP contribution in [0.4, 0.5) is 11.4 Å². The molecular formula is C18H18N2O4. The third-order valence-corrected chi connectivity index (χ3v) is 3.92. The number of likely N-dealkylation sites (N-methyl/N-ethyl adjacent to an activating group) is 1. The maximum Gasteiger partial charge on any atom is 0.267 e. The van der Waals surface area contributed by atoms with Crippen LogP contribution in [-0.4, -0.2) is 32.1 Å². The van der Waals surface area contributed by atoms with E-state index in [-0.39, 0.29) is 11.8 Å². The number of rotatable bonds is 3. The molecule has 6 heteroatoms. The van der Waals surface area contributed by atoms with Gasteiger partial charge in [-0.1, -0.05) is 12.1 Å². The van der Waals surface area contributed by atoms with Crippen LogP contribution in [0.1, 0.15) is 17.3 Å². The number of carbonyl (C=O) groups is 2. The second kappa shape index (κ2) is 6.23. The van der Waals surface area contributed by atoms with Gasteiger partial charge in [-0.3, -0.25) is 9.59 Å². The molecule has 1 aliphatic rings. The summed E-state index contributed by atoms with van der Waals surface area (Å²) >= 11 is 0. The third-order valence-electron chi connectivity index (χ3n) is 3.92. The lowest BCUT2D eigenvalue weighted by Gasteiger charge is -2.30. The molecule has 1 unspecified atom stereocenters. The first kappa shape index (κ1) is 15.9. The number of anilines is 2. The number of hydrogen-bond acceptors (Lipinski definition) is 4. The maximum atomic E-state index is 12.5. The van der Waals surface area contributed by atoms with Gasteiger partial charge in [0.1, 0.15) is 11.5 Å². The van der Waals surface area contributed by atoms with E-state index >= 15 is 0 Å². The van der Waals surface area contributed by atoms with Crippen LogP contribution >= 0.6 is 0 Å². The van der Waals surface area contributed by atoms with Gasteiger partial charge in [0.15, 0.2) is 6.10 Å². The van der Waals surface area contributed by atoms with E-state index < -0.39 is 6.10 Å². The summed E-state index contributed by atoms with van der Waals surface area (Å²) in [5.41, 5.74) is 1.67. The van der Waals surface area contributed by atoms with Gasteiger partial charge < -0.3 is 19.7 Å². The minimum Gasteiger partial charge on any atom is -0.495 e. The molecule has 2 amide bonds. The molecule has 0 fully saturated rings. The highest BCUT2D eigenvalue weighted by Crippen LogP contribution is 2.34. The summed E-state index contributed by atoms with van der Waals surface area (Å²) in [7, 11) is 3.24. The number of benzene rings is 2. The molecule has 124 valence electrons. The molecule has 0 bridgehead atoms. The van der Waals surface area contributed by atoms with Crippen molar-refractivity contribution in [3.05, 3.63) is 48.0 Å². The number of nitrogens with one attached hydrogen (secondary N) is 1. The average Bonchev–Trinajstić information content (AvgIpc) is 2.59. The number of methoxy groups -OCH3 is 1. The van der Waals surface area contributed by atoms with E-state index in [2.05, 4.69) is 5.32 Å². The fourth-order valence-corrected chi connectivity index (χ4v) is 2.60. The summed E-state index contributed by atoms with van der Waals surface area (Å²) in [5, 5.41) is 2.82. The Morgan fingerprint density at radius 3 is 2.75 bits per heavy atom. The first-order valence-electron chi connectivity index (χ1n) is 7.54. The highest BCUT2D eigenvalue weighted by atomic mass is 16.5. The van der Waals surface area contributed by atoms with Crippen molar-refractivity contribution in [2.24, 2.45) is 0 Å². The second-order valence-electron chi connectivity index (χ2n) is 5.49. The zero-order valence-electron chi connectivity index (χ0n) is 13.7. The third kappa shape index (κ3) is 2.78. The number of ether oxygens (including phenoxy) is 2. The minimum absolute atomic E-state index is 0.117. The smallest absolute Gasteiger partial charge is 0.267 e. The zero-order chi connectivity index (χ0) is 17.3. The molecule has 0 saturated carbocycles. The number of fused-ring (bicyclic) bond motifs is 1. The molecule has 1 heterocycles. The average molecular weight is 326 g/mol. The summed E-state index contributed by atoms with van der Waals surface area (Å²) in [6.45, 7) is 1.68. The first-order chi connectivity index (χ1) is 11.5. The van der Waals surface area contributed by atoms with Gasteiger partial charge in [0.05, 0.1) is 18.5 Å². The Bertz CT molecular complexity index is 803. The fourth-order valence-electron chi connectivity index (χ4n) is 2.60. The van der Waals surface area contributed by atoms with Crippen LogP contribution in [0.15, 0.2) is 42.5 Å². The highest BCUT2D eigenvalue weighted by Gasteiger charge is 2.29. The number of nitrogens with zero attached hydrogens (tertiary/aromatic N) is 1. The monoisotopic (exact) mass is 326 g/mol. The van der Waals surface area contributed by atoms with Crippen LogP contribution in [-0.2, 0) is 4.79 Å². The number of carbonyl (C=O) groups excluding carboxylic acids is 2. The van der Waals surface area contributed by atoms with Gasteiger partial charge in [-0.25, -0.2) is 0 Å². The number of amides is 2. The summed E-state index contributed by atoms with van der Waals surface area (Å²) in [4.78, 5) is 26.0. The lowest BCUT2D eigenvalue weighted by atomic mass is 10.1. The second-order valence-corrected chi connectivity index (χ2v) is 5.49. The van der Waals surface area contributed by atoms with Crippen molar-refractivity contribution >= 4 is 23.2 Å². The van der Waals surface area contributed by atoms with Gasteiger partial charge in [0.2, 0.25) is 0 Å². The molecule has 1 N–H and O–H groups in total. The van der Waals surface area contributed by atoms with Gasteiger partial charge in [0.25, 0.3) is 11.8 Å². The van der Waals surface area contributed by atoms with Crippen LogP contribution in [0.2, 0.25) is 0 Å². The lowest BCUT2D eigenvalue weighted by Crippen LogP contribution is -2.42. The molecule has 0 aromatic heterocycles. The Labute approximate surface area is 140 Å². The van der Waals surface area contributed by atoms with Crippen LogP contribution in [0, 0.1) is 0 Å². The molecule has 6 nitrogen and oxygen atoms in total. The Morgan fingerprint density at radius 1 is 1.25 bits per heavy atom. The van der Waals surface area contributed by atoms with E-state index in [1.54, 1.807) is 51.4 Å². The maximum absolute atomic E-state index is 12.5. The summed E-state index contributed by atoms with van der Waals surface area (Å²) in [6.07, 6.45) is -0.574. The molecular weight excluding hydrogens is 308 g/mol. The molecule has 1 atom stereocenters. The van der Waals surface area contributed by atoms with E-state index in [0.717, 1.165) is 0 Å². The van der Waals surface area contributed by atoms with Crippen LogP contribution < -0.4 is 19.7 Å². The van der Waals surface area contributed by atoms with Crippen molar-refractivity contribution < 1.29 is 19.1 Å². The molecule has 24 heavy (non-hydrogen) atoms. The predicted octanol–water partition coefficient (Wildman–Crippen LogP) is 2.69. The highest BCUT2D eigenvalue weighted by molar-refractivity contribution is 6.06. The van der Waals surface area contributed by atoms with Crippen molar-refractivity contribution in [1.82, 2.24) is 0 Å². The Balaban J connectivity index is 1.87. The fraction of sp³-hybridized carbons (Fsp3) is 0.222. The van der Waals surface area contributed by atoms with E-state index in [0.29, 0.717) is 28.4 Å². The molecule has 0 saturated heterocycles. The lowest BCUT2D eigenvalue weighted by molar-refractivity contribution is -0.125. The number of hydrogen-bond donors (Lipinski definition) is 1. The van der Waals surface area contributed by atoms with E-state index in [9.17, 15) is 9.59 Å². The Hall–Kier alpha value is -3.02. The largest absolute Gasteiger partial charge is 0.495 e. The van der Waals surface area contributed by atoms with Gasteiger partial charge in [-0.2, -0.15) is 0 Å². The van der Waals surface area contributed by atoms with E-state index in [1.807, 2.05) is 12.1 Å². The van der Waals surface area contributed by atoms with Crippen molar-refractivity contribution in [3.63, 3.8) is 0 Å². The molecule has 0 radical (unpaired) electrons. The molecule has 2 aromatic rings. The number of para-hydroxylation sites is 2. The van der Waals surface area contributed by atoms with Gasteiger partial charge in [-0.15, -0.1) is 0 Å². The molecule has 0 aliphatic carbocycles. The molecule has 2 aromatic carbocycles. The van der Waals surface area contributed by atoms with Crippen LogP contribution in [0.3, 0.4) is 0 Å². The topological polar surface area (TPSA) is 67.9 Å².